The lowest BCUT2D eigenvalue weighted by Crippen LogP contribution is -2.06. The number of ether oxygens (including phenoxy) is 1. The highest BCUT2D eigenvalue weighted by atomic mass is 19.1. The van der Waals surface area contributed by atoms with Crippen molar-refractivity contribution in [1.29, 1.82) is 0 Å². The summed E-state index contributed by atoms with van der Waals surface area (Å²) in [5.74, 6) is -0.309. The maximum atomic E-state index is 13.4. The highest BCUT2D eigenvalue weighted by Crippen LogP contribution is 2.21. The van der Waals surface area contributed by atoms with Gasteiger partial charge in [-0.3, -0.25) is 4.39 Å². The Balaban J connectivity index is 2.66. The van der Waals surface area contributed by atoms with E-state index in [0.717, 1.165) is 0 Å². The molecule has 0 aliphatic heterocycles. The van der Waals surface area contributed by atoms with Crippen LogP contribution in [0.15, 0.2) is 18.2 Å². The second-order valence-electron chi connectivity index (χ2n) is 3.37. The van der Waals surface area contributed by atoms with Gasteiger partial charge in [-0.05, 0) is 24.6 Å². The highest BCUT2D eigenvalue weighted by Gasteiger charge is 2.06. The van der Waals surface area contributed by atoms with Crippen molar-refractivity contribution >= 4 is 0 Å². The number of alkyl halides is 1. The summed E-state index contributed by atoms with van der Waals surface area (Å²) in [6.45, 7) is 1.50. The van der Waals surface area contributed by atoms with Crippen LogP contribution in [0.3, 0.4) is 0 Å². The van der Waals surface area contributed by atoms with E-state index in [9.17, 15) is 8.78 Å². The maximum Gasteiger partial charge on any atom is 0.165 e. The van der Waals surface area contributed by atoms with E-state index in [-0.39, 0.29) is 24.8 Å². The largest absolute Gasteiger partial charge is 0.490 e. The summed E-state index contributed by atoms with van der Waals surface area (Å²) in [5.41, 5.74) is 6.31. The van der Waals surface area contributed by atoms with Crippen molar-refractivity contribution in [3.63, 3.8) is 0 Å². The fraction of sp³-hybridized carbons (Fsp3) is 0.455. The lowest BCUT2D eigenvalue weighted by Gasteiger charge is -2.09. The minimum absolute atomic E-state index is 0.146. The molecule has 15 heavy (non-hydrogen) atoms. The first kappa shape index (κ1) is 11.9. The molecule has 0 bridgehead atoms. The van der Waals surface area contributed by atoms with Gasteiger partial charge in [-0.25, -0.2) is 4.39 Å². The molecule has 0 aliphatic rings. The normalized spacial score (nSPS) is 12.5. The van der Waals surface area contributed by atoms with Gasteiger partial charge in [0.1, 0.15) is 0 Å². The average Bonchev–Trinajstić information content (AvgIpc) is 2.20. The third kappa shape index (κ3) is 3.47. The number of hydrogen-bond donors (Lipinski definition) is 1. The van der Waals surface area contributed by atoms with Crippen LogP contribution in [0.4, 0.5) is 8.78 Å². The van der Waals surface area contributed by atoms with Crippen molar-refractivity contribution < 1.29 is 13.5 Å². The summed E-state index contributed by atoms with van der Waals surface area (Å²) in [6.07, 6.45) is 0.272. The number of hydrogen-bond acceptors (Lipinski definition) is 2. The number of halogens is 2. The van der Waals surface area contributed by atoms with Gasteiger partial charge in [-0.15, -0.1) is 0 Å². The molecule has 0 amide bonds. The Morgan fingerprint density at radius 3 is 2.73 bits per heavy atom. The fourth-order valence-corrected chi connectivity index (χ4v) is 1.15. The smallest absolute Gasteiger partial charge is 0.165 e. The molecule has 0 heterocycles. The van der Waals surface area contributed by atoms with Crippen LogP contribution in [-0.2, 0) is 0 Å². The molecule has 4 heteroatoms. The molecular weight excluding hydrogens is 200 g/mol. The van der Waals surface area contributed by atoms with E-state index in [1.165, 1.54) is 12.1 Å². The minimum Gasteiger partial charge on any atom is -0.490 e. The van der Waals surface area contributed by atoms with Crippen molar-refractivity contribution in [1.82, 2.24) is 0 Å². The van der Waals surface area contributed by atoms with E-state index in [0.29, 0.717) is 5.56 Å². The van der Waals surface area contributed by atoms with Crippen LogP contribution in [0.2, 0.25) is 0 Å². The molecule has 0 fully saturated rings. The quantitative estimate of drug-likeness (QED) is 0.766. The summed E-state index contributed by atoms with van der Waals surface area (Å²) in [5, 5.41) is 0. The first-order valence-corrected chi connectivity index (χ1v) is 4.89. The van der Waals surface area contributed by atoms with E-state index in [1.807, 2.05) is 0 Å². The summed E-state index contributed by atoms with van der Waals surface area (Å²) in [7, 11) is 0. The Morgan fingerprint density at radius 2 is 2.20 bits per heavy atom. The lowest BCUT2D eigenvalue weighted by atomic mass is 10.1. The zero-order valence-corrected chi connectivity index (χ0v) is 8.67. The summed E-state index contributed by atoms with van der Waals surface area (Å²) < 4.78 is 30.2. The third-order valence-electron chi connectivity index (χ3n) is 2.02. The molecule has 0 aliphatic carbocycles. The third-order valence-corrected chi connectivity index (χ3v) is 2.02. The van der Waals surface area contributed by atoms with Crippen molar-refractivity contribution in [3.05, 3.63) is 29.6 Å². The standard InChI is InChI=1S/C11H15F2NO/c1-8(14)9-3-4-11(10(13)7-9)15-6-2-5-12/h3-4,7-8H,2,5-6,14H2,1H3/t8-/m0/s1. The number of nitrogens with two attached hydrogens (primary N) is 1. The molecule has 1 atom stereocenters. The molecule has 1 aromatic rings. The molecule has 84 valence electrons. The van der Waals surface area contributed by atoms with E-state index >= 15 is 0 Å². The fourth-order valence-electron chi connectivity index (χ4n) is 1.15. The van der Waals surface area contributed by atoms with Gasteiger partial charge < -0.3 is 10.5 Å². The maximum absolute atomic E-state index is 13.4. The van der Waals surface area contributed by atoms with Gasteiger partial charge in [0.15, 0.2) is 11.6 Å². The first-order chi connectivity index (χ1) is 7.15. The molecule has 0 aromatic heterocycles. The Kier molecular flexibility index (Phi) is 4.49. The number of rotatable bonds is 5. The van der Waals surface area contributed by atoms with Gasteiger partial charge in [0.05, 0.1) is 13.3 Å². The molecular formula is C11H15F2NO. The van der Waals surface area contributed by atoms with Crippen LogP contribution in [0, 0.1) is 5.82 Å². The molecule has 0 unspecified atom stereocenters. The van der Waals surface area contributed by atoms with Crippen molar-refractivity contribution in [2.24, 2.45) is 5.73 Å². The van der Waals surface area contributed by atoms with Crippen LogP contribution in [0.1, 0.15) is 24.9 Å². The predicted molar refractivity (Wildman–Crippen MR) is 55.1 cm³/mol. The van der Waals surface area contributed by atoms with Crippen LogP contribution in [-0.4, -0.2) is 13.3 Å². The van der Waals surface area contributed by atoms with Crippen molar-refractivity contribution in [3.8, 4) is 5.75 Å². The van der Waals surface area contributed by atoms with E-state index in [1.54, 1.807) is 13.0 Å². The average molecular weight is 215 g/mol. The zero-order valence-electron chi connectivity index (χ0n) is 8.67. The molecule has 0 spiro atoms. The summed E-state index contributed by atoms with van der Waals surface area (Å²) >= 11 is 0. The Hall–Kier alpha value is -1.16. The second kappa shape index (κ2) is 5.66. The van der Waals surface area contributed by atoms with E-state index < -0.39 is 12.5 Å². The van der Waals surface area contributed by atoms with Crippen LogP contribution in [0.25, 0.3) is 0 Å². The van der Waals surface area contributed by atoms with Gasteiger partial charge in [0, 0.05) is 12.5 Å². The Bertz CT molecular complexity index is 315. The predicted octanol–water partition coefficient (Wildman–Crippen LogP) is 2.58. The summed E-state index contributed by atoms with van der Waals surface area (Å²) in [6, 6.07) is 4.36. The first-order valence-electron chi connectivity index (χ1n) is 4.89. The van der Waals surface area contributed by atoms with Gasteiger partial charge in [-0.2, -0.15) is 0 Å². The summed E-state index contributed by atoms with van der Waals surface area (Å²) in [4.78, 5) is 0. The number of benzene rings is 1. The van der Waals surface area contributed by atoms with Gasteiger partial charge in [0.2, 0.25) is 0 Å². The minimum atomic E-state index is -0.459. The Morgan fingerprint density at radius 1 is 1.47 bits per heavy atom. The monoisotopic (exact) mass is 215 g/mol. The van der Waals surface area contributed by atoms with Crippen LogP contribution < -0.4 is 10.5 Å². The molecule has 1 rings (SSSR count). The van der Waals surface area contributed by atoms with Gasteiger partial charge in [-0.1, -0.05) is 6.07 Å². The zero-order chi connectivity index (χ0) is 11.3. The van der Waals surface area contributed by atoms with Gasteiger partial charge in [0.25, 0.3) is 0 Å². The van der Waals surface area contributed by atoms with Crippen LogP contribution in [0.5, 0.6) is 5.75 Å². The molecule has 2 nitrogen and oxygen atoms in total. The highest BCUT2D eigenvalue weighted by molar-refractivity contribution is 5.30. The second-order valence-corrected chi connectivity index (χ2v) is 3.37. The van der Waals surface area contributed by atoms with E-state index in [2.05, 4.69) is 0 Å². The molecule has 1 aromatic carbocycles. The van der Waals surface area contributed by atoms with Gasteiger partial charge >= 0.3 is 0 Å². The molecule has 0 saturated carbocycles. The Labute approximate surface area is 88.0 Å². The topological polar surface area (TPSA) is 35.2 Å². The SMILES string of the molecule is C[C@H](N)c1ccc(OCCCF)c(F)c1. The van der Waals surface area contributed by atoms with E-state index in [4.69, 9.17) is 10.5 Å². The lowest BCUT2D eigenvalue weighted by molar-refractivity contribution is 0.277. The molecule has 0 radical (unpaired) electrons. The molecule has 0 saturated heterocycles. The van der Waals surface area contributed by atoms with Crippen molar-refractivity contribution in [2.45, 2.75) is 19.4 Å². The van der Waals surface area contributed by atoms with Crippen molar-refractivity contribution in [2.75, 3.05) is 13.3 Å². The van der Waals surface area contributed by atoms with Crippen LogP contribution >= 0.6 is 0 Å². The molecule has 2 N–H and O–H groups in total.